The lowest BCUT2D eigenvalue weighted by molar-refractivity contribution is -0.139. The summed E-state index contributed by atoms with van der Waals surface area (Å²) >= 11 is 0. The fourth-order valence-corrected chi connectivity index (χ4v) is 3.58. The second kappa shape index (κ2) is 7.94. The number of carbonyl (C=O) groups excluding carboxylic acids is 3. The molecule has 4 rings (SSSR count). The largest absolute Gasteiger partial charge is 0.465 e. The monoisotopic (exact) mass is 412 g/mol. The molecule has 9 heteroatoms. The number of allylic oxidation sites excluding steroid dienone is 2. The summed E-state index contributed by atoms with van der Waals surface area (Å²) in [4.78, 5) is 40.8. The number of methoxy groups -OCH3 is 2. The van der Waals surface area contributed by atoms with Crippen LogP contribution in [0.25, 0.3) is 0 Å². The second-order valence-corrected chi connectivity index (χ2v) is 6.66. The van der Waals surface area contributed by atoms with E-state index in [1.165, 1.54) is 25.2 Å². The fourth-order valence-electron chi connectivity index (χ4n) is 3.58. The number of ether oxygens (including phenoxy) is 4. The van der Waals surface area contributed by atoms with Crippen molar-refractivity contribution < 1.29 is 33.3 Å². The standard InChI is InChI=1S/C21H20N2O7/c1-27-20(25)13-6-3-4-8-23(19(13)21(26)28-2)15-11-17-16(29-12-30-17)10-14(15)22-9-5-7-18(22)24/h3-4,6,8,10-11H,5,7,9,12H2,1-2H3. The Balaban J connectivity index is 1.94. The topological polar surface area (TPSA) is 94.6 Å². The zero-order valence-corrected chi connectivity index (χ0v) is 16.5. The molecular formula is C21H20N2O7. The van der Waals surface area contributed by atoms with Gasteiger partial charge in [0.25, 0.3) is 0 Å². The van der Waals surface area contributed by atoms with Crippen molar-refractivity contribution in [2.45, 2.75) is 12.8 Å². The van der Waals surface area contributed by atoms with Crippen LogP contribution in [0.4, 0.5) is 11.4 Å². The van der Waals surface area contributed by atoms with Gasteiger partial charge in [-0.3, -0.25) is 4.79 Å². The molecule has 1 saturated heterocycles. The molecule has 1 amide bonds. The fraction of sp³-hybridized carbons (Fsp3) is 0.286. The average molecular weight is 412 g/mol. The van der Waals surface area contributed by atoms with Gasteiger partial charge in [0, 0.05) is 31.3 Å². The third-order valence-corrected chi connectivity index (χ3v) is 4.98. The average Bonchev–Trinajstić information content (AvgIpc) is 3.33. The van der Waals surface area contributed by atoms with Crippen LogP contribution in [0, 0.1) is 0 Å². The van der Waals surface area contributed by atoms with Crippen molar-refractivity contribution in [2.75, 3.05) is 37.4 Å². The molecule has 0 aromatic heterocycles. The predicted octanol–water partition coefficient (Wildman–Crippen LogP) is 2.03. The molecule has 3 aliphatic rings. The molecule has 30 heavy (non-hydrogen) atoms. The van der Waals surface area contributed by atoms with Crippen molar-refractivity contribution in [3.8, 4) is 11.5 Å². The van der Waals surface area contributed by atoms with E-state index in [1.54, 1.807) is 35.4 Å². The molecule has 9 nitrogen and oxygen atoms in total. The van der Waals surface area contributed by atoms with E-state index in [4.69, 9.17) is 18.9 Å². The number of nitrogens with zero attached hydrogens (tertiary/aromatic N) is 2. The van der Waals surface area contributed by atoms with Crippen LogP contribution < -0.4 is 19.3 Å². The maximum Gasteiger partial charge on any atom is 0.355 e. The highest BCUT2D eigenvalue weighted by molar-refractivity contribution is 6.07. The Morgan fingerprint density at radius 3 is 2.33 bits per heavy atom. The quantitative estimate of drug-likeness (QED) is 0.694. The van der Waals surface area contributed by atoms with E-state index >= 15 is 0 Å². The van der Waals surface area contributed by atoms with Gasteiger partial charge >= 0.3 is 11.9 Å². The van der Waals surface area contributed by atoms with E-state index in [2.05, 4.69) is 0 Å². The van der Waals surface area contributed by atoms with Crippen LogP contribution >= 0.6 is 0 Å². The maximum absolute atomic E-state index is 12.7. The summed E-state index contributed by atoms with van der Waals surface area (Å²) < 4.78 is 20.8. The van der Waals surface area contributed by atoms with Gasteiger partial charge in [-0.25, -0.2) is 9.59 Å². The molecule has 156 valence electrons. The van der Waals surface area contributed by atoms with Gasteiger partial charge in [-0.1, -0.05) is 6.08 Å². The van der Waals surface area contributed by atoms with Gasteiger partial charge in [0.2, 0.25) is 12.7 Å². The van der Waals surface area contributed by atoms with Crippen LogP contribution in [0.15, 0.2) is 47.8 Å². The van der Waals surface area contributed by atoms with E-state index in [0.717, 1.165) is 6.42 Å². The van der Waals surface area contributed by atoms with E-state index in [1.807, 2.05) is 0 Å². The first-order chi connectivity index (χ1) is 14.5. The van der Waals surface area contributed by atoms with Crippen molar-refractivity contribution in [2.24, 2.45) is 0 Å². The number of esters is 2. The predicted molar refractivity (Wildman–Crippen MR) is 106 cm³/mol. The summed E-state index contributed by atoms with van der Waals surface area (Å²) in [6, 6.07) is 3.39. The summed E-state index contributed by atoms with van der Waals surface area (Å²) in [6.45, 7) is 0.582. The first kappa shape index (κ1) is 19.6. The highest BCUT2D eigenvalue weighted by Crippen LogP contribution is 2.45. The Morgan fingerprint density at radius 2 is 1.70 bits per heavy atom. The molecule has 0 radical (unpaired) electrons. The van der Waals surface area contributed by atoms with Gasteiger partial charge in [0.1, 0.15) is 5.70 Å². The molecule has 0 bridgehead atoms. The second-order valence-electron chi connectivity index (χ2n) is 6.66. The Bertz CT molecular complexity index is 1010. The lowest BCUT2D eigenvalue weighted by Gasteiger charge is -2.28. The third kappa shape index (κ3) is 3.28. The number of anilines is 2. The molecule has 1 aromatic rings. The van der Waals surface area contributed by atoms with Crippen molar-refractivity contribution in [1.29, 1.82) is 0 Å². The van der Waals surface area contributed by atoms with Crippen LogP contribution in [0.2, 0.25) is 0 Å². The maximum atomic E-state index is 12.7. The Labute approximate surface area is 172 Å². The minimum Gasteiger partial charge on any atom is -0.465 e. The molecule has 0 unspecified atom stereocenters. The Hall–Kier alpha value is -3.75. The van der Waals surface area contributed by atoms with Gasteiger partial charge in [-0.15, -0.1) is 0 Å². The molecule has 1 fully saturated rings. The van der Waals surface area contributed by atoms with Crippen LogP contribution in [-0.2, 0) is 23.9 Å². The SMILES string of the molecule is COC(=O)C1=C(C(=O)OC)N(c2cc3c(cc2N2CCCC2=O)OCO3)C=CC=C1. The first-order valence-electron chi connectivity index (χ1n) is 9.34. The zero-order chi connectivity index (χ0) is 21.3. The Kier molecular flexibility index (Phi) is 5.18. The first-order valence-corrected chi connectivity index (χ1v) is 9.34. The molecule has 3 heterocycles. The molecule has 0 saturated carbocycles. The lowest BCUT2D eigenvalue weighted by atomic mass is 10.1. The van der Waals surface area contributed by atoms with Crippen LogP contribution in [0.3, 0.4) is 0 Å². The number of hydrogen-bond donors (Lipinski definition) is 0. The lowest BCUT2D eigenvalue weighted by Crippen LogP contribution is -2.30. The number of benzene rings is 1. The highest BCUT2D eigenvalue weighted by atomic mass is 16.7. The summed E-state index contributed by atoms with van der Waals surface area (Å²) in [5, 5.41) is 0. The molecule has 0 atom stereocenters. The number of hydrogen-bond acceptors (Lipinski definition) is 8. The van der Waals surface area contributed by atoms with Gasteiger partial charge in [-0.2, -0.15) is 0 Å². The number of carbonyl (C=O) groups is 3. The summed E-state index contributed by atoms with van der Waals surface area (Å²) in [7, 11) is 2.46. The van der Waals surface area contributed by atoms with E-state index in [9.17, 15) is 14.4 Å². The minimum absolute atomic E-state index is 0.0192. The zero-order valence-electron chi connectivity index (χ0n) is 16.5. The van der Waals surface area contributed by atoms with Gasteiger partial charge in [0.05, 0.1) is 31.2 Å². The van der Waals surface area contributed by atoms with Crippen molar-refractivity contribution in [1.82, 2.24) is 0 Å². The highest BCUT2D eigenvalue weighted by Gasteiger charge is 2.33. The number of amides is 1. The molecule has 0 N–H and O–H groups in total. The third-order valence-electron chi connectivity index (χ3n) is 4.98. The van der Waals surface area contributed by atoms with E-state index < -0.39 is 11.9 Å². The molecule has 1 aromatic carbocycles. The van der Waals surface area contributed by atoms with Gasteiger partial charge < -0.3 is 28.7 Å². The molecule has 0 aliphatic carbocycles. The molecule has 0 spiro atoms. The summed E-state index contributed by atoms with van der Waals surface area (Å²) in [5.41, 5.74) is 0.988. The number of rotatable bonds is 4. The van der Waals surface area contributed by atoms with Crippen LogP contribution in [0.1, 0.15) is 12.8 Å². The van der Waals surface area contributed by atoms with Crippen LogP contribution in [0.5, 0.6) is 11.5 Å². The minimum atomic E-state index is -0.733. The van der Waals surface area contributed by atoms with Gasteiger partial charge in [0.15, 0.2) is 11.5 Å². The van der Waals surface area contributed by atoms with E-state index in [0.29, 0.717) is 35.8 Å². The molecular weight excluding hydrogens is 392 g/mol. The Morgan fingerprint density at radius 1 is 1.00 bits per heavy atom. The number of fused-ring (bicyclic) bond motifs is 1. The summed E-state index contributed by atoms with van der Waals surface area (Å²) in [6.07, 6.45) is 7.51. The van der Waals surface area contributed by atoms with Gasteiger partial charge in [-0.05, 0) is 18.6 Å². The van der Waals surface area contributed by atoms with Crippen molar-refractivity contribution in [3.63, 3.8) is 0 Å². The normalized spacial score (nSPS) is 17.5. The van der Waals surface area contributed by atoms with Crippen molar-refractivity contribution >= 4 is 29.2 Å². The van der Waals surface area contributed by atoms with E-state index in [-0.39, 0.29) is 24.0 Å². The van der Waals surface area contributed by atoms with Crippen molar-refractivity contribution in [3.05, 3.63) is 47.8 Å². The van der Waals surface area contributed by atoms with Crippen LogP contribution in [-0.4, -0.2) is 45.4 Å². The molecule has 3 aliphatic heterocycles. The summed E-state index contributed by atoms with van der Waals surface area (Å²) in [5.74, 6) is -0.497. The smallest absolute Gasteiger partial charge is 0.355 e.